The number of benzene rings is 2. The average Bonchev–Trinajstić information content (AvgIpc) is 2.46. The van der Waals surface area contributed by atoms with Gasteiger partial charge in [0, 0.05) is 12.1 Å². The summed E-state index contributed by atoms with van der Waals surface area (Å²) < 4.78 is 47.7. The zero-order valence-electron chi connectivity index (χ0n) is 11.5. The van der Waals surface area contributed by atoms with Crippen LogP contribution in [0.25, 0.3) is 0 Å². The molecule has 122 valence electrons. The predicted octanol–water partition coefficient (Wildman–Crippen LogP) is 3.27. The van der Waals surface area contributed by atoms with Gasteiger partial charge in [0.1, 0.15) is 16.5 Å². The van der Waals surface area contributed by atoms with Gasteiger partial charge in [-0.05, 0) is 40.2 Å². The standard InChI is InChI=1S/C13H9BrFNO6S/c1-21-12-5-3-9(7-10(12)14)23(19,20)22-13-6-8(15)2-4-11(13)16(17)18/h2-7H,1H3. The summed E-state index contributed by atoms with van der Waals surface area (Å²) in [5, 5.41) is 10.9. The molecule has 2 rings (SSSR count). The van der Waals surface area contributed by atoms with Gasteiger partial charge < -0.3 is 8.92 Å². The summed E-state index contributed by atoms with van der Waals surface area (Å²) in [4.78, 5) is 9.74. The van der Waals surface area contributed by atoms with Gasteiger partial charge in [-0.2, -0.15) is 8.42 Å². The molecule has 0 spiro atoms. The Balaban J connectivity index is 2.45. The number of nitro benzene ring substituents is 1. The SMILES string of the molecule is COc1ccc(S(=O)(=O)Oc2cc(F)ccc2[N+](=O)[O-])cc1Br. The highest BCUT2D eigenvalue weighted by Gasteiger charge is 2.24. The monoisotopic (exact) mass is 405 g/mol. The van der Waals surface area contributed by atoms with E-state index in [9.17, 15) is 22.9 Å². The molecule has 0 aliphatic carbocycles. The number of halogens is 2. The number of ether oxygens (including phenoxy) is 1. The van der Waals surface area contributed by atoms with E-state index in [1.807, 2.05) is 0 Å². The van der Waals surface area contributed by atoms with Crippen molar-refractivity contribution in [2.45, 2.75) is 4.90 Å². The molecule has 0 unspecified atom stereocenters. The molecule has 0 aliphatic heterocycles. The van der Waals surface area contributed by atoms with Crippen LogP contribution in [0.3, 0.4) is 0 Å². The van der Waals surface area contributed by atoms with Crippen molar-refractivity contribution < 1.29 is 26.7 Å². The Hall–Kier alpha value is -2.20. The van der Waals surface area contributed by atoms with E-state index in [1.165, 1.54) is 25.3 Å². The molecule has 2 aromatic rings. The van der Waals surface area contributed by atoms with Crippen molar-refractivity contribution in [1.29, 1.82) is 0 Å². The van der Waals surface area contributed by atoms with Gasteiger partial charge in [-0.1, -0.05) is 0 Å². The van der Waals surface area contributed by atoms with E-state index in [0.29, 0.717) is 16.3 Å². The van der Waals surface area contributed by atoms with Crippen LogP contribution in [-0.2, 0) is 10.1 Å². The van der Waals surface area contributed by atoms with Crippen molar-refractivity contribution in [2.75, 3.05) is 7.11 Å². The highest BCUT2D eigenvalue weighted by Crippen LogP contribution is 2.32. The van der Waals surface area contributed by atoms with Gasteiger partial charge in [0.15, 0.2) is 0 Å². The second kappa shape index (κ2) is 6.50. The zero-order valence-corrected chi connectivity index (χ0v) is 13.9. The van der Waals surface area contributed by atoms with Crippen molar-refractivity contribution >= 4 is 31.7 Å². The summed E-state index contributed by atoms with van der Waals surface area (Å²) in [6, 6.07) is 6.07. The lowest BCUT2D eigenvalue weighted by Crippen LogP contribution is -2.11. The molecule has 0 amide bonds. The Morgan fingerprint density at radius 1 is 1.17 bits per heavy atom. The number of hydrogen-bond donors (Lipinski definition) is 0. The third-order valence-corrected chi connectivity index (χ3v) is 4.58. The maximum atomic E-state index is 13.2. The maximum Gasteiger partial charge on any atom is 0.339 e. The fourth-order valence-corrected chi connectivity index (χ4v) is 3.33. The summed E-state index contributed by atoms with van der Waals surface area (Å²) >= 11 is 3.12. The van der Waals surface area contributed by atoms with Gasteiger partial charge in [0.05, 0.1) is 16.5 Å². The minimum absolute atomic E-state index is 0.274. The highest BCUT2D eigenvalue weighted by atomic mass is 79.9. The molecule has 0 aromatic heterocycles. The number of rotatable bonds is 5. The molecule has 0 heterocycles. The van der Waals surface area contributed by atoms with Gasteiger partial charge in [-0.15, -0.1) is 0 Å². The van der Waals surface area contributed by atoms with Crippen molar-refractivity contribution in [2.24, 2.45) is 0 Å². The molecule has 0 fully saturated rings. The van der Waals surface area contributed by atoms with Crippen LogP contribution in [0.4, 0.5) is 10.1 Å². The van der Waals surface area contributed by atoms with Crippen LogP contribution in [-0.4, -0.2) is 20.5 Å². The van der Waals surface area contributed by atoms with E-state index in [-0.39, 0.29) is 4.90 Å². The molecule has 0 bridgehead atoms. The Kier molecular flexibility index (Phi) is 4.85. The summed E-state index contributed by atoms with van der Waals surface area (Å²) in [7, 11) is -2.99. The molecule has 0 aliphatic rings. The lowest BCUT2D eigenvalue weighted by molar-refractivity contribution is -0.385. The fourth-order valence-electron chi connectivity index (χ4n) is 1.67. The molecule has 10 heteroatoms. The maximum absolute atomic E-state index is 13.2. The Labute approximate surface area is 139 Å². The topological polar surface area (TPSA) is 95.7 Å². The fraction of sp³-hybridized carbons (Fsp3) is 0.0769. The van der Waals surface area contributed by atoms with E-state index in [2.05, 4.69) is 15.9 Å². The molecule has 0 N–H and O–H groups in total. The minimum atomic E-state index is -4.39. The first-order chi connectivity index (χ1) is 10.7. The van der Waals surface area contributed by atoms with Gasteiger partial charge in [0.2, 0.25) is 5.75 Å². The normalized spacial score (nSPS) is 11.1. The van der Waals surface area contributed by atoms with Gasteiger partial charge >= 0.3 is 15.8 Å². The van der Waals surface area contributed by atoms with E-state index in [0.717, 1.165) is 12.1 Å². The molecule has 0 saturated heterocycles. The first kappa shape index (κ1) is 17.2. The summed E-state index contributed by atoms with van der Waals surface area (Å²) in [6.07, 6.45) is 0. The summed E-state index contributed by atoms with van der Waals surface area (Å²) in [6.45, 7) is 0. The first-order valence-corrected chi connectivity index (χ1v) is 8.16. The predicted molar refractivity (Wildman–Crippen MR) is 81.6 cm³/mol. The van der Waals surface area contributed by atoms with Crippen LogP contribution in [0.2, 0.25) is 0 Å². The zero-order chi connectivity index (χ0) is 17.2. The van der Waals surface area contributed by atoms with Gasteiger partial charge in [0.25, 0.3) is 0 Å². The van der Waals surface area contributed by atoms with Crippen LogP contribution in [0.1, 0.15) is 0 Å². The average molecular weight is 406 g/mol. The lowest BCUT2D eigenvalue weighted by atomic mass is 10.3. The van der Waals surface area contributed by atoms with Crippen LogP contribution in [0, 0.1) is 15.9 Å². The molecule has 2 aromatic carbocycles. The van der Waals surface area contributed by atoms with Crippen LogP contribution < -0.4 is 8.92 Å². The molecule has 0 saturated carbocycles. The lowest BCUT2D eigenvalue weighted by Gasteiger charge is -2.09. The van der Waals surface area contributed by atoms with Crippen LogP contribution >= 0.6 is 15.9 Å². The molecule has 0 radical (unpaired) electrons. The van der Waals surface area contributed by atoms with E-state index in [4.69, 9.17) is 8.92 Å². The van der Waals surface area contributed by atoms with Gasteiger partial charge in [-0.3, -0.25) is 10.1 Å². The number of nitro groups is 1. The van der Waals surface area contributed by atoms with Crippen molar-refractivity contribution in [1.82, 2.24) is 0 Å². The van der Waals surface area contributed by atoms with E-state index < -0.39 is 32.3 Å². The minimum Gasteiger partial charge on any atom is -0.496 e. The number of hydrogen-bond acceptors (Lipinski definition) is 6. The summed E-state index contributed by atoms with van der Waals surface area (Å²) in [5.74, 6) is -1.18. The largest absolute Gasteiger partial charge is 0.496 e. The third kappa shape index (κ3) is 3.77. The Morgan fingerprint density at radius 3 is 2.43 bits per heavy atom. The van der Waals surface area contributed by atoms with Gasteiger partial charge in [-0.25, -0.2) is 4.39 Å². The van der Waals surface area contributed by atoms with E-state index >= 15 is 0 Å². The van der Waals surface area contributed by atoms with Crippen molar-refractivity contribution in [3.05, 3.63) is 56.8 Å². The van der Waals surface area contributed by atoms with Crippen molar-refractivity contribution in [3.8, 4) is 11.5 Å². The number of methoxy groups -OCH3 is 1. The summed E-state index contributed by atoms with van der Waals surface area (Å²) in [5.41, 5.74) is -0.664. The smallest absolute Gasteiger partial charge is 0.339 e. The molecular weight excluding hydrogens is 397 g/mol. The molecule has 0 atom stereocenters. The van der Waals surface area contributed by atoms with Crippen molar-refractivity contribution in [3.63, 3.8) is 0 Å². The molecule has 23 heavy (non-hydrogen) atoms. The quantitative estimate of drug-likeness (QED) is 0.430. The Bertz CT molecular complexity index is 871. The van der Waals surface area contributed by atoms with E-state index in [1.54, 1.807) is 0 Å². The molecular formula is C13H9BrFNO6S. The second-order valence-electron chi connectivity index (χ2n) is 4.20. The second-order valence-corrected chi connectivity index (χ2v) is 6.60. The molecule has 7 nitrogen and oxygen atoms in total. The third-order valence-electron chi connectivity index (χ3n) is 2.73. The number of nitrogens with zero attached hydrogens (tertiary/aromatic N) is 1. The Morgan fingerprint density at radius 2 is 1.87 bits per heavy atom. The first-order valence-electron chi connectivity index (χ1n) is 5.96. The van der Waals surface area contributed by atoms with Crippen LogP contribution in [0.15, 0.2) is 45.8 Å². The van der Waals surface area contributed by atoms with Crippen LogP contribution in [0.5, 0.6) is 11.5 Å². The highest BCUT2D eigenvalue weighted by molar-refractivity contribution is 9.10.